The van der Waals surface area contributed by atoms with Crippen LogP contribution in [0.3, 0.4) is 0 Å². The Morgan fingerprint density at radius 3 is 2.58 bits per heavy atom. The Morgan fingerprint density at radius 1 is 1.38 bits per heavy atom. The number of hydrogen-bond acceptors (Lipinski definition) is 4. The highest BCUT2D eigenvalue weighted by molar-refractivity contribution is 5.75. The average molecular weight is 343 g/mol. The summed E-state index contributed by atoms with van der Waals surface area (Å²) >= 11 is 0. The summed E-state index contributed by atoms with van der Waals surface area (Å²) in [6, 6.07) is 0.0243. The summed E-state index contributed by atoms with van der Waals surface area (Å²) in [4.78, 5) is 25.0. The number of carbonyl (C=O) groups is 2. The lowest BCUT2D eigenvalue weighted by Gasteiger charge is -2.26. The van der Waals surface area contributed by atoms with E-state index in [0.29, 0.717) is 12.5 Å². The summed E-state index contributed by atoms with van der Waals surface area (Å²) < 4.78 is 5.29. The van der Waals surface area contributed by atoms with Crippen molar-refractivity contribution in [2.24, 2.45) is 5.92 Å². The molecule has 0 saturated carbocycles. The van der Waals surface area contributed by atoms with Crippen LogP contribution in [-0.4, -0.2) is 65.9 Å². The van der Waals surface area contributed by atoms with Gasteiger partial charge in [0.25, 0.3) is 0 Å². The van der Waals surface area contributed by atoms with E-state index >= 15 is 0 Å². The highest BCUT2D eigenvalue weighted by atomic mass is 16.5. The van der Waals surface area contributed by atoms with Crippen LogP contribution in [0, 0.1) is 5.92 Å². The molecule has 1 rings (SSSR count). The first kappa shape index (κ1) is 20.7. The van der Waals surface area contributed by atoms with E-state index in [2.05, 4.69) is 29.4 Å². The van der Waals surface area contributed by atoms with Gasteiger partial charge in [-0.2, -0.15) is 0 Å². The third-order valence-electron chi connectivity index (χ3n) is 4.13. The molecular weight excluding hydrogens is 310 g/mol. The lowest BCUT2D eigenvalue weighted by molar-refractivity contribution is -0.142. The van der Waals surface area contributed by atoms with Gasteiger partial charge in [0.15, 0.2) is 0 Å². The predicted molar refractivity (Wildman–Crippen MR) is 93.1 cm³/mol. The third-order valence-corrected chi connectivity index (χ3v) is 4.13. The Labute approximate surface area is 145 Å². The summed E-state index contributed by atoms with van der Waals surface area (Å²) in [7, 11) is 0. The molecule has 1 aliphatic rings. The lowest BCUT2D eigenvalue weighted by atomic mass is 10.1. The average Bonchev–Trinajstić information content (AvgIpc) is 2.77. The Hall–Kier alpha value is -1.34. The van der Waals surface area contributed by atoms with E-state index in [-0.39, 0.29) is 30.3 Å². The molecule has 140 valence electrons. The van der Waals surface area contributed by atoms with E-state index in [1.165, 1.54) is 0 Å². The van der Waals surface area contributed by atoms with Crippen LogP contribution in [0.1, 0.15) is 47.5 Å². The van der Waals surface area contributed by atoms with Crippen molar-refractivity contribution in [1.29, 1.82) is 0 Å². The number of aliphatic carboxylic acids is 1. The molecule has 1 fully saturated rings. The van der Waals surface area contributed by atoms with E-state index in [1.807, 2.05) is 20.8 Å². The summed E-state index contributed by atoms with van der Waals surface area (Å²) in [6.45, 7) is 12.0. The normalized spacial score (nSPS) is 23.0. The highest BCUT2D eigenvalue weighted by Gasteiger charge is 2.34. The van der Waals surface area contributed by atoms with Crippen LogP contribution in [0.5, 0.6) is 0 Å². The van der Waals surface area contributed by atoms with Crippen LogP contribution < -0.4 is 10.6 Å². The van der Waals surface area contributed by atoms with Crippen molar-refractivity contribution in [3.05, 3.63) is 0 Å². The van der Waals surface area contributed by atoms with E-state index < -0.39 is 5.97 Å². The van der Waals surface area contributed by atoms with Crippen LogP contribution in [0.2, 0.25) is 0 Å². The van der Waals surface area contributed by atoms with Gasteiger partial charge in [0.2, 0.25) is 0 Å². The minimum Gasteiger partial charge on any atom is -0.480 e. The molecule has 7 nitrogen and oxygen atoms in total. The maximum absolute atomic E-state index is 12.1. The molecule has 0 bridgehead atoms. The quantitative estimate of drug-likeness (QED) is 0.624. The van der Waals surface area contributed by atoms with Gasteiger partial charge in [-0.05, 0) is 33.1 Å². The smallest absolute Gasteiger partial charge is 0.329 e. The van der Waals surface area contributed by atoms with E-state index in [1.54, 1.807) is 0 Å². The Balaban J connectivity index is 2.57. The molecule has 0 aromatic rings. The SMILES string of the molecule is CC[C@H](C)CN1C[C@H](NC(=O)NC(C)(C)C)C[C@H]1COCC(=O)O. The predicted octanol–water partition coefficient (Wildman–Crippen LogP) is 1.67. The second kappa shape index (κ2) is 9.22. The topological polar surface area (TPSA) is 90.9 Å². The lowest BCUT2D eigenvalue weighted by Crippen LogP contribution is -2.50. The second-order valence-corrected chi connectivity index (χ2v) is 7.81. The maximum Gasteiger partial charge on any atom is 0.329 e. The van der Waals surface area contributed by atoms with Crippen LogP contribution >= 0.6 is 0 Å². The molecule has 0 aromatic heterocycles. The highest BCUT2D eigenvalue weighted by Crippen LogP contribution is 2.21. The van der Waals surface area contributed by atoms with E-state index in [0.717, 1.165) is 25.9 Å². The summed E-state index contributed by atoms with van der Waals surface area (Å²) in [6.07, 6.45) is 1.86. The Bertz CT molecular complexity index is 423. The zero-order valence-corrected chi connectivity index (χ0v) is 15.6. The zero-order chi connectivity index (χ0) is 18.3. The number of urea groups is 1. The van der Waals surface area contributed by atoms with Gasteiger partial charge in [0.05, 0.1) is 6.61 Å². The fourth-order valence-electron chi connectivity index (χ4n) is 2.86. The first-order chi connectivity index (χ1) is 11.1. The molecule has 1 heterocycles. The van der Waals surface area contributed by atoms with Crippen molar-refractivity contribution < 1.29 is 19.4 Å². The van der Waals surface area contributed by atoms with Crippen molar-refractivity contribution in [1.82, 2.24) is 15.5 Å². The van der Waals surface area contributed by atoms with Crippen molar-refractivity contribution in [2.45, 2.75) is 65.1 Å². The molecule has 24 heavy (non-hydrogen) atoms. The minimum atomic E-state index is -0.958. The standard InChI is InChI=1S/C17H33N3O4/c1-6-12(2)8-20-9-13(18-16(23)19-17(3,4)5)7-14(20)10-24-11-15(21)22/h12-14H,6-11H2,1-5H3,(H,21,22)(H2,18,19,23)/t12-,13+,14-/m0/s1. The molecular formula is C17H33N3O4. The van der Waals surface area contributed by atoms with Gasteiger partial charge in [-0.15, -0.1) is 0 Å². The fraction of sp³-hybridized carbons (Fsp3) is 0.882. The molecule has 3 atom stereocenters. The summed E-state index contributed by atoms with van der Waals surface area (Å²) in [5.74, 6) is -0.408. The van der Waals surface area contributed by atoms with Crippen molar-refractivity contribution in [2.75, 3.05) is 26.3 Å². The van der Waals surface area contributed by atoms with Crippen molar-refractivity contribution >= 4 is 12.0 Å². The molecule has 7 heteroatoms. The van der Waals surface area contributed by atoms with Crippen molar-refractivity contribution in [3.8, 4) is 0 Å². The molecule has 1 aliphatic heterocycles. The van der Waals surface area contributed by atoms with Gasteiger partial charge in [-0.1, -0.05) is 20.3 Å². The Kier molecular flexibility index (Phi) is 7.96. The maximum atomic E-state index is 12.1. The number of likely N-dealkylation sites (tertiary alicyclic amines) is 1. The van der Waals surface area contributed by atoms with E-state index in [4.69, 9.17) is 9.84 Å². The summed E-state index contributed by atoms with van der Waals surface area (Å²) in [5, 5.41) is 14.6. The number of nitrogens with zero attached hydrogens (tertiary/aromatic N) is 1. The number of rotatable bonds is 8. The monoisotopic (exact) mass is 343 g/mol. The number of nitrogens with one attached hydrogen (secondary N) is 2. The molecule has 1 saturated heterocycles. The molecule has 0 unspecified atom stereocenters. The number of amides is 2. The Morgan fingerprint density at radius 2 is 2.04 bits per heavy atom. The van der Waals surface area contributed by atoms with Crippen LogP contribution in [0.15, 0.2) is 0 Å². The van der Waals surface area contributed by atoms with Crippen LogP contribution in [-0.2, 0) is 9.53 Å². The number of carbonyl (C=O) groups excluding carboxylic acids is 1. The molecule has 0 aromatic carbocycles. The first-order valence-corrected chi connectivity index (χ1v) is 8.73. The minimum absolute atomic E-state index is 0.0508. The van der Waals surface area contributed by atoms with Gasteiger partial charge in [0.1, 0.15) is 6.61 Å². The zero-order valence-electron chi connectivity index (χ0n) is 15.6. The number of ether oxygens (including phenoxy) is 1. The molecule has 0 aliphatic carbocycles. The molecule has 0 radical (unpaired) electrons. The van der Waals surface area contributed by atoms with E-state index in [9.17, 15) is 9.59 Å². The number of hydrogen-bond donors (Lipinski definition) is 3. The fourth-order valence-corrected chi connectivity index (χ4v) is 2.86. The third kappa shape index (κ3) is 7.97. The van der Waals surface area contributed by atoms with Gasteiger partial charge in [0, 0.05) is 30.7 Å². The van der Waals surface area contributed by atoms with Crippen molar-refractivity contribution in [3.63, 3.8) is 0 Å². The molecule has 0 spiro atoms. The second-order valence-electron chi connectivity index (χ2n) is 7.81. The van der Waals surface area contributed by atoms with Crippen LogP contribution in [0.4, 0.5) is 4.79 Å². The first-order valence-electron chi connectivity index (χ1n) is 8.73. The van der Waals surface area contributed by atoms with Gasteiger partial charge >= 0.3 is 12.0 Å². The largest absolute Gasteiger partial charge is 0.480 e. The van der Waals surface area contributed by atoms with Gasteiger partial charge < -0.3 is 20.5 Å². The summed E-state index contributed by atoms with van der Waals surface area (Å²) in [5.41, 5.74) is -0.275. The molecule has 2 amide bonds. The van der Waals surface area contributed by atoms with Crippen LogP contribution in [0.25, 0.3) is 0 Å². The molecule has 3 N–H and O–H groups in total. The number of carboxylic acids is 1. The number of carboxylic acid groups (broad SMARTS) is 1. The van der Waals surface area contributed by atoms with Gasteiger partial charge in [-0.3, -0.25) is 4.90 Å². The van der Waals surface area contributed by atoms with Gasteiger partial charge in [-0.25, -0.2) is 9.59 Å².